The lowest BCUT2D eigenvalue weighted by Crippen LogP contribution is -2.34. The Hall–Kier alpha value is -0.400. The Kier molecular flexibility index (Phi) is 6.75. The fourth-order valence-corrected chi connectivity index (χ4v) is 4.43. The third-order valence-electron chi connectivity index (χ3n) is 4.52. The molecule has 1 unspecified atom stereocenters. The highest BCUT2D eigenvalue weighted by Crippen LogP contribution is 2.28. The Labute approximate surface area is 160 Å². The van der Waals surface area contributed by atoms with E-state index >= 15 is 0 Å². The molecule has 132 valence electrons. The van der Waals surface area contributed by atoms with E-state index in [1.807, 2.05) is 6.07 Å². The van der Waals surface area contributed by atoms with Gasteiger partial charge >= 0.3 is 0 Å². The van der Waals surface area contributed by atoms with Gasteiger partial charge in [-0.15, -0.1) is 0 Å². The minimum atomic E-state index is -0.0169. The number of nitrogens with two attached hydrogens (primary N) is 1. The van der Waals surface area contributed by atoms with Crippen LogP contribution in [0.4, 0.5) is 5.69 Å². The highest BCUT2D eigenvalue weighted by molar-refractivity contribution is 9.11. The fourth-order valence-electron chi connectivity index (χ4n) is 3.12. The van der Waals surface area contributed by atoms with Crippen LogP contribution in [0, 0.1) is 0 Å². The third kappa shape index (κ3) is 5.05. The zero-order valence-corrected chi connectivity index (χ0v) is 16.8. The summed E-state index contributed by atoms with van der Waals surface area (Å²) in [4.78, 5) is 0. The molecule has 1 aliphatic carbocycles. The van der Waals surface area contributed by atoms with Gasteiger partial charge in [-0.2, -0.15) is 0 Å². The van der Waals surface area contributed by atoms with Gasteiger partial charge in [0.2, 0.25) is 0 Å². The van der Waals surface area contributed by atoms with E-state index in [2.05, 4.69) is 55.4 Å². The van der Waals surface area contributed by atoms with Crippen LogP contribution in [0.5, 0.6) is 0 Å². The Morgan fingerprint density at radius 1 is 1.17 bits per heavy atom. The summed E-state index contributed by atoms with van der Waals surface area (Å²) in [6.07, 6.45) is 9.99. The van der Waals surface area contributed by atoms with E-state index < -0.39 is 0 Å². The van der Waals surface area contributed by atoms with Gasteiger partial charge in [0.25, 0.3) is 0 Å². The van der Waals surface area contributed by atoms with Gasteiger partial charge in [0.1, 0.15) is 0 Å². The summed E-state index contributed by atoms with van der Waals surface area (Å²) in [5, 5.41) is 3.56. The van der Waals surface area contributed by atoms with Crippen molar-refractivity contribution in [2.45, 2.75) is 57.1 Å². The molecule has 3 N–H and O–H groups in total. The van der Waals surface area contributed by atoms with E-state index in [1.165, 1.54) is 6.42 Å². The van der Waals surface area contributed by atoms with Crippen LogP contribution in [-0.2, 0) is 16.0 Å². The van der Waals surface area contributed by atoms with Crippen LogP contribution < -0.4 is 11.1 Å². The highest BCUT2D eigenvalue weighted by atomic mass is 79.9. The third-order valence-corrected chi connectivity index (χ3v) is 5.63. The predicted molar refractivity (Wildman–Crippen MR) is 104 cm³/mol. The SMILES string of the molecule is Nc1c(Br)cc(Br)cc1CN[C@@H]1C=C[C@H](OC2CCCCO2)CC1. The van der Waals surface area contributed by atoms with Crippen LogP contribution in [0.3, 0.4) is 0 Å². The molecule has 0 bridgehead atoms. The molecular weight excluding hydrogens is 436 g/mol. The molecule has 24 heavy (non-hydrogen) atoms. The van der Waals surface area contributed by atoms with Gasteiger partial charge in [-0.25, -0.2) is 0 Å². The number of nitrogen functional groups attached to an aromatic ring is 1. The summed E-state index contributed by atoms with van der Waals surface area (Å²) < 4.78 is 13.6. The Morgan fingerprint density at radius 3 is 2.75 bits per heavy atom. The molecule has 6 heteroatoms. The van der Waals surface area contributed by atoms with E-state index in [-0.39, 0.29) is 12.4 Å². The molecule has 1 aliphatic heterocycles. The first-order chi connectivity index (χ1) is 11.6. The summed E-state index contributed by atoms with van der Waals surface area (Å²) in [6.45, 7) is 1.57. The molecule has 3 rings (SSSR count). The Balaban J connectivity index is 1.48. The van der Waals surface area contributed by atoms with Crippen molar-refractivity contribution in [2.24, 2.45) is 0 Å². The van der Waals surface area contributed by atoms with E-state index in [9.17, 15) is 0 Å². The Bertz CT molecular complexity index is 589. The van der Waals surface area contributed by atoms with Crippen molar-refractivity contribution in [3.63, 3.8) is 0 Å². The van der Waals surface area contributed by atoms with Crippen molar-refractivity contribution in [2.75, 3.05) is 12.3 Å². The van der Waals surface area contributed by atoms with E-state index in [0.717, 1.165) is 59.0 Å². The second-order valence-corrected chi connectivity index (χ2v) is 8.15. The van der Waals surface area contributed by atoms with E-state index in [0.29, 0.717) is 6.04 Å². The molecular formula is C18H24Br2N2O2. The normalized spacial score (nSPS) is 27.3. The maximum absolute atomic E-state index is 6.13. The first-order valence-corrected chi connectivity index (χ1v) is 10.1. The quantitative estimate of drug-likeness (QED) is 0.502. The molecule has 0 amide bonds. The summed E-state index contributed by atoms with van der Waals surface area (Å²) >= 11 is 7.01. The number of hydrogen-bond donors (Lipinski definition) is 2. The molecule has 1 saturated heterocycles. The Morgan fingerprint density at radius 2 is 2.04 bits per heavy atom. The number of benzene rings is 1. The van der Waals surface area contributed by atoms with Crippen LogP contribution >= 0.6 is 31.9 Å². The molecule has 1 aromatic carbocycles. The number of anilines is 1. The van der Waals surface area contributed by atoms with Gasteiger partial charge in [0.15, 0.2) is 6.29 Å². The van der Waals surface area contributed by atoms with Crippen molar-refractivity contribution >= 4 is 37.5 Å². The second-order valence-electron chi connectivity index (χ2n) is 6.38. The molecule has 1 fully saturated rings. The largest absolute Gasteiger partial charge is 0.398 e. The lowest BCUT2D eigenvalue weighted by atomic mass is 10.00. The summed E-state index contributed by atoms with van der Waals surface area (Å²) in [6, 6.07) is 4.38. The van der Waals surface area contributed by atoms with Gasteiger partial charge in [-0.05, 0) is 65.7 Å². The smallest absolute Gasteiger partial charge is 0.158 e. The highest BCUT2D eigenvalue weighted by Gasteiger charge is 2.21. The monoisotopic (exact) mass is 458 g/mol. The van der Waals surface area contributed by atoms with Gasteiger partial charge in [-0.3, -0.25) is 0 Å². The van der Waals surface area contributed by atoms with Crippen LogP contribution in [0.1, 0.15) is 37.7 Å². The van der Waals surface area contributed by atoms with Crippen molar-refractivity contribution in [3.8, 4) is 0 Å². The summed E-state index contributed by atoms with van der Waals surface area (Å²) in [5.41, 5.74) is 8.02. The van der Waals surface area contributed by atoms with Crippen LogP contribution in [0.25, 0.3) is 0 Å². The van der Waals surface area contributed by atoms with Crippen molar-refractivity contribution in [3.05, 3.63) is 38.8 Å². The average molecular weight is 460 g/mol. The molecule has 1 heterocycles. The number of ether oxygens (including phenoxy) is 2. The van der Waals surface area contributed by atoms with Crippen molar-refractivity contribution in [1.82, 2.24) is 5.32 Å². The maximum atomic E-state index is 6.13. The standard InChI is InChI=1S/C18H24Br2N2O2/c19-13-9-12(18(21)16(20)10-13)11-22-14-4-6-15(7-5-14)24-17-3-1-2-8-23-17/h4,6,9-10,14-15,17,22H,1-3,5,7-8,11,21H2/t14-,15+,17?/m1/s1. The number of nitrogens with one attached hydrogen (secondary N) is 1. The number of halogens is 2. The van der Waals surface area contributed by atoms with Crippen LogP contribution in [0.2, 0.25) is 0 Å². The van der Waals surface area contributed by atoms with Gasteiger partial charge in [-0.1, -0.05) is 28.1 Å². The first-order valence-electron chi connectivity index (χ1n) is 8.54. The minimum Gasteiger partial charge on any atom is -0.398 e. The zero-order valence-electron chi connectivity index (χ0n) is 13.6. The van der Waals surface area contributed by atoms with E-state index in [4.69, 9.17) is 15.2 Å². The molecule has 2 aliphatic rings. The van der Waals surface area contributed by atoms with Crippen LogP contribution in [0.15, 0.2) is 33.2 Å². The molecule has 0 aromatic heterocycles. The zero-order chi connectivity index (χ0) is 16.9. The minimum absolute atomic E-state index is 0.0169. The molecule has 3 atom stereocenters. The van der Waals surface area contributed by atoms with Crippen LogP contribution in [-0.4, -0.2) is 25.0 Å². The van der Waals surface area contributed by atoms with E-state index in [1.54, 1.807) is 0 Å². The van der Waals surface area contributed by atoms with Gasteiger partial charge in [0, 0.05) is 28.1 Å². The predicted octanol–water partition coefficient (Wildman–Crippen LogP) is 4.51. The van der Waals surface area contributed by atoms with Crippen molar-refractivity contribution in [1.29, 1.82) is 0 Å². The summed E-state index contributed by atoms with van der Waals surface area (Å²) in [7, 11) is 0. The molecule has 4 nitrogen and oxygen atoms in total. The fraction of sp³-hybridized carbons (Fsp3) is 0.556. The topological polar surface area (TPSA) is 56.5 Å². The van der Waals surface area contributed by atoms with Gasteiger partial charge < -0.3 is 20.5 Å². The number of hydrogen-bond acceptors (Lipinski definition) is 4. The van der Waals surface area contributed by atoms with Crippen molar-refractivity contribution < 1.29 is 9.47 Å². The second kappa shape index (κ2) is 8.81. The lowest BCUT2D eigenvalue weighted by molar-refractivity contribution is -0.180. The van der Waals surface area contributed by atoms with Gasteiger partial charge in [0.05, 0.1) is 11.8 Å². The number of rotatable bonds is 5. The molecule has 1 aromatic rings. The molecule has 0 spiro atoms. The molecule has 0 saturated carbocycles. The maximum Gasteiger partial charge on any atom is 0.158 e. The summed E-state index contributed by atoms with van der Waals surface area (Å²) in [5.74, 6) is 0. The first kappa shape index (κ1) is 18.4. The molecule has 0 radical (unpaired) electrons. The lowest BCUT2D eigenvalue weighted by Gasteiger charge is -2.29. The average Bonchev–Trinajstić information content (AvgIpc) is 2.59.